The minimum Gasteiger partial charge on any atom is -0.386 e. The third-order valence-electron chi connectivity index (χ3n) is 0.703. The molecule has 0 aromatic carbocycles. The van der Waals surface area contributed by atoms with Crippen LogP contribution in [-0.4, -0.2) is 17.2 Å². The van der Waals surface area contributed by atoms with Crippen molar-refractivity contribution in [2.75, 3.05) is 0 Å². The second-order valence-electron chi connectivity index (χ2n) is 1.97. The molecule has 0 aliphatic rings. The van der Waals surface area contributed by atoms with Gasteiger partial charge in [-0.3, -0.25) is 12.1 Å². The molecule has 15 heavy (non-hydrogen) atoms. The van der Waals surface area contributed by atoms with E-state index in [1.807, 2.05) is 0 Å². The molecule has 0 bridgehead atoms. The van der Waals surface area contributed by atoms with Crippen molar-refractivity contribution in [3.8, 4) is 0 Å². The maximum Gasteiger partial charge on any atom is 0.213 e. The molecule has 1 radical (unpaired) electrons. The molecule has 0 spiro atoms. The van der Waals surface area contributed by atoms with Gasteiger partial charge in [0.1, 0.15) is 5.84 Å². The van der Waals surface area contributed by atoms with Crippen molar-refractivity contribution in [3.63, 3.8) is 0 Å². The van der Waals surface area contributed by atoms with E-state index < -0.39 is 0 Å². The quantitative estimate of drug-likeness (QED) is 0.101. The first-order valence-corrected chi connectivity index (χ1v) is 3.89. The molecule has 0 aliphatic carbocycles. The van der Waals surface area contributed by atoms with Crippen LogP contribution in [0.3, 0.4) is 0 Å². The Morgan fingerprint density at radius 2 is 2.13 bits per heavy atom. The fourth-order valence-corrected chi connectivity index (χ4v) is 0.376. The predicted octanol–water partition coefficient (Wildman–Crippen LogP) is -0.786. The van der Waals surface area contributed by atoms with Gasteiger partial charge in [0.05, 0.1) is 0 Å². The molecule has 0 unspecified atom stereocenters. The zero-order chi connectivity index (χ0) is 10.8. The molecular weight excluding hydrogens is 293 g/mol. The minimum absolute atomic E-state index is 0. The van der Waals surface area contributed by atoms with Crippen LogP contribution in [0.5, 0.6) is 0 Å². The van der Waals surface area contributed by atoms with Crippen molar-refractivity contribution < 1.29 is 32.7 Å². The summed E-state index contributed by atoms with van der Waals surface area (Å²) in [5.41, 5.74) is 15.1. The van der Waals surface area contributed by atoms with E-state index in [1.54, 1.807) is 6.92 Å². The molecule has 6 N–H and O–H groups in total. The van der Waals surface area contributed by atoms with Gasteiger partial charge in [-0.25, -0.2) is 0 Å². The summed E-state index contributed by atoms with van der Waals surface area (Å²) in [6.45, 7) is 3.06. The zero-order valence-corrected chi connectivity index (χ0v) is 11.7. The normalized spacial score (nSPS) is 11.4. The Bertz CT molecular complexity index is 258. The maximum absolute atomic E-state index is 5.21. The topological polar surface area (TPSA) is 126 Å². The van der Waals surface area contributed by atoms with Gasteiger partial charge in [0.25, 0.3) is 0 Å². The smallest absolute Gasteiger partial charge is 0.213 e. The third-order valence-corrected chi connectivity index (χ3v) is 0.785. The van der Waals surface area contributed by atoms with E-state index in [4.69, 9.17) is 11.5 Å². The predicted molar refractivity (Wildman–Crippen MR) is 58.0 cm³/mol. The number of hydrogen-bond donors (Lipinski definition) is 4. The third kappa shape index (κ3) is 16.1. The Kier molecular flexibility index (Phi) is 12.8. The SMILES string of the molecule is C/C(N)=N\N=C\[CH-]NN/N=N/C(N)=S.[Y]. The first-order valence-electron chi connectivity index (χ1n) is 3.48. The molecule has 0 fully saturated rings. The van der Waals surface area contributed by atoms with Gasteiger partial charge in [-0.1, -0.05) is 11.4 Å². The van der Waals surface area contributed by atoms with Crippen molar-refractivity contribution in [1.82, 2.24) is 11.0 Å². The second-order valence-corrected chi connectivity index (χ2v) is 2.39. The number of rotatable bonds is 5. The first kappa shape index (κ1) is 16.8. The molecule has 0 rings (SSSR count). The standard InChI is InChI=1S/C5H11N8S.Y/c1-4(6)10-8-2-3-9-12-13-11-5(7)14;/h2-3H,1H3,(H2,6,10)(H,9,13)(H3,7,11,12,14);/q-1;/b8-2+;. The van der Waals surface area contributed by atoms with E-state index in [9.17, 15) is 0 Å². The van der Waals surface area contributed by atoms with E-state index in [-0.39, 0.29) is 37.8 Å². The van der Waals surface area contributed by atoms with Crippen LogP contribution in [0.2, 0.25) is 0 Å². The van der Waals surface area contributed by atoms with Crippen molar-refractivity contribution in [1.29, 1.82) is 0 Å². The van der Waals surface area contributed by atoms with E-state index >= 15 is 0 Å². The molecule has 0 heterocycles. The maximum atomic E-state index is 5.21. The van der Waals surface area contributed by atoms with E-state index in [1.165, 1.54) is 12.8 Å². The summed E-state index contributed by atoms with van der Waals surface area (Å²) in [5, 5.41) is 13.7. The molecule has 8 nitrogen and oxygen atoms in total. The minimum atomic E-state index is -0.0590. The number of amidine groups is 1. The van der Waals surface area contributed by atoms with Gasteiger partial charge in [-0.05, 0) is 19.1 Å². The Hall–Kier alpha value is -0.636. The largest absolute Gasteiger partial charge is 0.386 e. The molecule has 0 atom stereocenters. The van der Waals surface area contributed by atoms with Gasteiger partial charge in [0, 0.05) is 32.7 Å². The Morgan fingerprint density at radius 3 is 2.67 bits per heavy atom. The molecule has 10 heteroatoms. The molecule has 0 aliphatic heterocycles. The van der Waals surface area contributed by atoms with Crippen LogP contribution in [0.4, 0.5) is 0 Å². The summed E-state index contributed by atoms with van der Waals surface area (Å²) in [5.74, 6) is 0.371. The number of thiocarbonyl (C=S) groups is 1. The molecule has 0 amide bonds. The zero-order valence-electron chi connectivity index (χ0n) is 8.08. The fraction of sp³-hybridized carbons (Fsp3) is 0.200. The van der Waals surface area contributed by atoms with Gasteiger partial charge in [0.2, 0.25) is 5.11 Å². The van der Waals surface area contributed by atoms with Gasteiger partial charge in [-0.15, -0.1) is 10.2 Å². The van der Waals surface area contributed by atoms with Gasteiger partial charge in [0.15, 0.2) is 0 Å². The molecule has 0 aromatic rings. The van der Waals surface area contributed by atoms with Crippen LogP contribution < -0.4 is 22.4 Å². The number of hydrogen-bond acceptors (Lipinski definition) is 5. The van der Waals surface area contributed by atoms with Crippen LogP contribution in [-0.2, 0) is 32.7 Å². The van der Waals surface area contributed by atoms with Crippen molar-refractivity contribution >= 4 is 29.4 Å². The van der Waals surface area contributed by atoms with Crippen LogP contribution in [0.1, 0.15) is 6.92 Å². The summed E-state index contributed by atoms with van der Waals surface area (Å²) in [7, 11) is 0. The number of nitrogens with zero attached hydrogens (tertiary/aromatic N) is 4. The molecule has 0 saturated carbocycles. The van der Waals surface area contributed by atoms with Crippen molar-refractivity contribution in [2.45, 2.75) is 6.92 Å². The fourth-order valence-electron chi connectivity index (χ4n) is 0.335. The second kappa shape index (κ2) is 11.4. The van der Waals surface area contributed by atoms with Crippen LogP contribution in [0, 0.1) is 6.54 Å². The molecular formula is C5H11N8SY-. The van der Waals surface area contributed by atoms with Crippen LogP contribution >= 0.6 is 12.2 Å². The summed E-state index contributed by atoms with van der Waals surface area (Å²) >= 11 is 4.43. The average Bonchev–Trinajstić information content (AvgIpc) is 2.08. The number of hydrazine groups is 1. The average molecular weight is 304 g/mol. The van der Waals surface area contributed by atoms with Gasteiger partial charge < -0.3 is 16.9 Å². The molecule has 0 aromatic heterocycles. The summed E-state index contributed by atoms with van der Waals surface area (Å²) in [6.07, 6.45) is 1.37. The summed E-state index contributed by atoms with van der Waals surface area (Å²) < 4.78 is 0. The Morgan fingerprint density at radius 1 is 1.47 bits per heavy atom. The summed E-state index contributed by atoms with van der Waals surface area (Å²) in [6, 6.07) is 0. The van der Waals surface area contributed by atoms with Crippen LogP contribution in [0.15, 0.2) is 20.5 Å². The Balaban J connectivity index is 0. The first-order chi connectivity index (χ1) is 6.63. The summed E-state index contributed by atoms with van der Waals surface area (Å²) in [4.78, 5) is 0. The van der Waals surface area contributed by atoms with E-state index in [0.717, 1.165) is 0 Å². The van der Waals surface area contributed by atoms with Gasteiger partial charge >= 0.3 is 0 Å². The van der Waals surface area contributed by atoms with Crippen molar-refractivity contribution in [3.05, 3.63) is 6.54 Å². The van der Waals surface area contributed by atoms with E-state index in [2.05, 4.69) is 43.7 Å². The monoisotopic (exact) mass is 304 g/mol. The molecule has 81 valence electrons. The van der Waals surface area contributed by atoms with Crippen LogP contribution in [0.25, 0.3) is 0 Å². The molecule has 0 saturated heterocycles. The van der Waals surface area contributed by atoms with Crippen molar-refractivity contribution in [2.24, 2.45) is 32.0 Å². The van der Waals surface area contributed by atoms with Gasteiger partial charge in [-0.2, -0.15) is 5.10 Å². The Labute approximate surface area is 118 Å². The van der Waals surface area contributed by atoms with E-state index in [0.29, 0.717) is 5.84 Å². The number of nitrogens with two attached hydrogens (primary N) is 2. The number of nitrogens with one attached hydrogen (secondary N) is 2.